The molecule has 2 N–H and O–H groups in total. The molecule has 0 aromatic heterocycles. The number of carbonyl (C=O) groups is 2. The first kappa shape index (κ1) is 17.5. The van der Waals surface area contributed by atoms with Crippen LogP contribution in [0, 0.1) is 0 Å². The fourth-order valence-electron chi connectivity index (χ4n) is 2.20. The molecule has 6 nitrogen and oxygen atoms in total. The predicted octanol–water partition coefficient (Wildman–Crippen LogP) is 1.60. The quantitative estimate of drug-likeness (QED) is 0.826. The van der Waals surface area contributed by atoms with Crippen molar-refractivity contribution in [1.29, 1.82) is 0 Å². The third-order valence-electron chi connectivity index (χ3n) is 3.01. The first-order valence-corrected chi connectivity index (χ1v) is 6.46. The van der Waals surface area contributed by atoms with Gasteiger partial charge in [-0.15, -0.1) is 0 Å². The number of ether oxygens (including phenoxy) is 1. The van der Waals surface area contributed by atoms with Gasteiger partial charge in [-0.25, -0.2) is 4.79 Å². The molecule has 0 aromatic rings. The van der Waals surface area contributed by atoms with E-state index in [2.05, 4.69) is 5.32 Å². The number of carboxylic acids is 1. The van der Waals surface area contributed by atoms with Crippen molar-refractivity contribution in [2.75, 3.05) is 19.7 Å². The minimum absolute atomic E-state index is 0.241. The second-order valence-corrected chi connectivity index (χ2v) is 5.61. The van der Waals surface area contributed by atoms with E-state index in [9.17, 15) is 22.8 Å². The lowest BCUT2D eigenvalue weighted by atomic mass is 9.94. The van der Waals surface area contributed by atoms with Crippen LogP contribution >= 0.6 is 0 Å². The topological polar surface area (TPSA) is 78.9 Å². The standard InChI is InChI=1S/C12H19F3N2O4/c1-11(2)5-8(3-4-21-11)16-10(20)17(6-9(18)19)7-12(13,14)15/h8H,3-7H2,1-2H3,(H,16,20)(H,18,19). The van der Waals surface area contributed by atoms with E-state index in [4.69, 9.17) is 9.84 Å². The summed E-state index contributed by atoms with van der Waals surface area (Å²) in [5.41, 5.74) is -0.474. The van der Waals surface area contributed by atoms with Crippen molar-refractivity contribution in [2.24, 2.45) is 0 Å². The Labute approximate surface area is 120 Å². The lowest BCUT2D eigenvalue weighted by Gasteiger charge is -2.36. The van der Waals surface area contributed by atoms with Gasteiger partial charge in [-0.2, -0.15) is 13.2 Å². The van der Waals surface area contributed by atoms with Gasteiger partial charge in [0.2, 0.25) is 0 Å². The van der Waals surface area contributed by atoms with Crippen LogP contribution in [-0.2, 0) is 9.53 Å². The zero-order valence-electron chi connectivity index (χ0n) is 11.9. The van der Waals surface area contributed by atoms with Gasteiger partial charge in [-0.05, 0) is 26.7 Å². The summed E-state index contributed by atoms with van der Waals surface area (Å²) < 4.78 is 42.6. The highest BCUT2D eigenvalue weighted by molar-refractivity contribution is 5.80. The summed E-state index contributed by atoms with van der Waals surface area (Å²) in [7, 11) is 0. The predicted molar refractivity (Wildman–Crippen MR) is 66.8 cm³/mol. The van der Waals surface area contributed by atoms with Crippen molar-refractivity contribution >= 4 is 12.0 Å². The molecule has 1 aliphatic heterocycles. The summed E-state index contributed by atoms with van der Waals surface area (Å²) in [5.74, 6) is -1.50. The fraction of sp³-hybridized carbons (Fsp3) is 0.833. The van der Waals surface area contributed by atoms with E-state index < -0.39 is 36.9 Å². The van der Waals surface area contributed by atoms with Gasteiger partial charge in [-0.1, -0.05) is 0 Å². The molecular formula is C12H19F3N2O4. The van der Waals surface area contributed by atoms with Gasteiger partial charge in [0.25, 0.3) is 0 Å². The van der Waals surface area contributed by atoms with Crippen LogP contribution in [0.5, 0.6) is 0 Å². The molecule has 0 aliphatic carbocycles. The lowest BCUT2D eigenvalue weighted by Crippen LogP contribution is -2.52. The summed E-state index contributed by atoms with van der Waals surface area (Å²) in [6.07, 6.45) is -3.73. The van der Waals surface area contributed by atoms with E-state index >= 15 is 0 Å². The average molecular weight is 312 g/mol. The van der Waals surface area contributed by atoms with E-state index in [0.29, 0.717) is 19.4 Å². The van der Waals surface area contributed by atoms with E-state index in [1.54, 1.807) is 0 Å². The molecule has 1 fully saturated rings. The van der Waals surface area contributed by atoms with Crippen LogP contribution in [0.3, 0.4) is 0 Å². The van der Waals surface area contributed by atoms with E-state index in [1.165, 1.54) is 0 Å². The highest BCUT2D eigenvalue weighted by Crippen LogP contribution is 2.24. The van der Waals surface area contributed by atoms with Gasteiger partial charge in [0, 0.05) is 12.6 Å². The molecule has 1 rings (SSSR count). The van der Waals surface area contributed by atoms with Crippen LogP contribution < -0.4 is 5.32 Å². The second-order valence-electron chi connectivity index (χ2n) is 5.61. The summed E-state index contributed by atoms with van der Waals surface area (Å²) >= 11 is 0. The molecule has 1 saturated heterocycles. The largest absolute Gasteiger partial charge is 0.480 e. The van der Waals surface area contributed by atoms with Crippen LogP contribution in [0.15, 0.2) is 0 Å². The van der Waals surface area contributed by atoms with Crippen LogP contribution in [0.2, 0.25) is 0 Å². The minimum Gasteiger partial charge on any atom is -0.480 e. The number of nitrogens with one attached hydrogen (secondary N) is 1. The molecule has 1 heterocycles. The van der Waals surface area contributed by atoms with Crippen molar-refractivity contribution in [3.05, 3.63) is 0 Å². The van der Waals surface area contributed by atoms with E-state index in [1.807, 2.05) is 13.8 Å². The lowest BCUT2D eigenvalue weighted by molar-refractivity contribution is -0.149. The Morgan fingerprint density at radius 1 is 1.43 bits per heavy atom. The number of alkyl halides is 3. The summed E-state index contributed by atoms with van der Waals surface area (Å²) in [6, 6.07) is -1.37. The molecule has 1 aliphatic rings. The van der Waals surface area contributed by atoms with Gasteiger partial charge in [0.05, 0.1) is 5.60 Å². The maximum atomic E-state index is 12.4. The van der Waals surface area contributed by atoms with Gasteiger partial charge in [0.15, 0.2) is 0 Å². The van der Waals surface area contributed by atoms with Crippen molar-refractivity contribution in [2.45, 2.75) is 44.5 Å². The van der Waals surface area contributed by atoms with Crippen molar-refractivity contribution in [3.63, 3.8) is 0 Å². The number of aliphatic carboxylic acids is 1. The molecule has 1 unspecified atom stereocenters. The van der Waals surface area contributed by atoms with Gasteiger partial charge in [0.1, 0.15) is 13.1 Å². The van der Waals surface area contributed by atoms with Crippen molar-refractivity contribution < 1.29 is 32.6 Å². The zero-order valence-corrected chi connectivity index (χ0v) is 11.9. The molecule has 0 spiro atoms. The number of nitrogens with zero attached hydrogens (tertiary/aromatic N) is 1. The molecule has 1 atom stereocenters. The summed E-state index contributed by atoms with van der Waals surface area (Å²) in [6.45, 7) is 1.41. The number of halogens is 3. The fourth-order valence-corrected chi connectivity index (χ4v) is 2.20. The molecule has 0 aromatic carbocycles. The molecule has 0 bridgehead atoms. The Hall–Kier alpha value is -1.51. The van der Waals surface area contributed by atoms with Gasteiger partial charge >= 0.3 is 18.2 Å². The highest BCUT2D eigenvalue weighted by atomic mass is 19.4. The van der Waals surface area contributed by atoms with Gasteiger partial charge < -0.3 is 20.1 Å². The maximum absolute atomic E-state index is 12.4. The Kier molecular flexibility index (Phi) is 5.43. The number of carbonyl (C=O) groups excluding carboxylic acids is 1. The third kappa shape index (κ3) is 6.65. The van der Waals surface area contributed by atoms with Crippen LogP contribution in [0.25, 0.3) is 0 Å². The number of rotatable bonds is 4. The number of urea groups is 1. The molecule has 2 amide bonds. The average Bonchev–Trinajstić information content (AvgIpc) is 2.23. The Bertz CT molecular complexity index is 398. The number of carboxylic acid groups (broad SMARTS) is 1. The maximum Gasteiger partial charge on any atom is 0.406 e. The molecule has 0 radical (unpaired) electrons. The summed E-state index contributed by atoms with van der Waals surface area (Å²) in [5, 5.41) is 11.1. The first-order valence-electron chi connectivity index (χ1n) is 6.46. The van der Waals surface area contributed by atoms with Crippen molar-refractivity contribution in [3.8, 4) is 0 Å². The van der Waals surface area contributed by atoms with Crippen molar-refractivity contribution in [1.82, 2.24) is 10.2 Å². The molecule has 122 valence electrons. The normalized spacial score (nSPS) is 21.7. The Morgan fingerprint density at radius 2 is 2.05 bits per heavy atom. The Balaban J connectivity index is 2.65. The summed E-state index contributed by atoms with van der Waals surface area (Å²) in [4.78, 5) is 22.7. The first-order chi connectivity index (χ1) is 9.48. The van der Waals surface area contributed by atoms with Crippen LogP contribution in [-0.4, -0.2) is 59.5 Å². The van der Waals surface area contributed by atoms with E-state index in [-0.39, 0.29) is 10.9 Å². The SMILES string of the molecule is CC1(C)CC(NC(=O)N(CC(=O)O)CC(F)(F)F)CCO1. The highest BCUT2D eigenvalue weighted by Gasteiger charge is 2.36. The Morgan fingerprint density at radius 3 is 2.52 bits per heavy atom. The smallest absolute Gasteiger partial charge is 0.406 e. The monoisotopic (exact) mass is 312 g/mol. The molecular weight excluding hydrogens is 293 g/mol. The molecule has 21 heavy (non-hydrogen) atoms. The molecule has 0 saturated carbocycles. The number of amides is 2. The van der Waals surface area contributed by atoms with Gasteiger partial charge in [-0.3, -0.25) is 4.79 Å². The minimum atomic E-state index is -4.65. The van der Waals surface area contributed by atoms with E-state index in [0.717, 1.165) is 0 Å². The second kappa shape index (κ2) is 6.50. The number of hydrogen-bond donors (Lipinski definition) is 2. The van der Waals surface area contributed by atoms with Crippen LogP contribution in [0.4, 0.5) is 18.0 Å². The zero-order chi connectivity index (χ0) is 16.3. The third-order valence-corrected chi connectivity index (χ3v) is 3.01. The molecule has 9 heteroatoms. The van der Waals surface area contributed by atoms with Crippen LogP contribution in [0.1, 0.15) is 26.7 Å². The number of hydrogen-bond acceptors (Lipinski definition) is 3.